The fraction of sp³-hybridized carbons (Fsp3) is 0.440. The quantitative estimate of drug-likeness (QED) is 0.504. The number of likely N-dealkylation sites (N-methyl/N-ethyl adjacent to an activating group) is 1. The Balaban J connectivity index is 1.43. The second-order valence-corrected chi connectivity index (χ2v) is 8.27. The molecular weight excluding hydrogens is 374 g/mol. The minimum atomic E-state index is 0.177. The van der Waals surface area contributed by atoms with Crippen molar-refractivity contribution in [1.29, 1.82) is 0 Å². The van der Waals surface area contributed by atoms with Crippen molar-refractivity contribution < 1.29 is 9.53 Å². The number of hydrogen-bond acceptors (Lipinski definition) is 3. The van der Waals surface area contributed by atoms with Crippen LogP contribution in [0.5, 0.6) is 5.75 Å². The fourth-order valence-corrected chi connectivity index (χ4v) is 4.31. The Morgan fingerprint density at radius 3 is 2.77 bits per heavy atom. The Bertz CT molecular complexity index is 1040. The summed E-state index contributed by atoms with van der Waals surface area (Å²) in [5.74, 6) is 2.45. The van der Waals surface area contributed by atoms with E-state index in [2.05, 4.69) is 54.8 Å². The number of benzene rings is 2. The van der Waals surface area contributed by atoms with Crippen LogP contribution in [0, 0.1) is 13.8 Å². The zero-order valence-electron chi connectivity index (χ0n) is 18.2. The second-order valence-electron chi connectivity index (χ2n) is 8.27. The molecule has 30 heavy (non-hydrogen) atoms. The van der Waals surface area contributed by atoms with Gasteiger partial charge in [-0.3, -0.25) is 4.79 Å². The number of hydrogen-bond donors (Lipinski definition) is 0. The Morgan fingerprint density at radius 2 is 1.97 bits per heavy atom. The van der Waals surface area contributed by atoms with E-state index in [1.54, 1.807) is 0 Å². The third kappa shape index (κ3) is 4.20. The van der Waals surface area contributed by atoms with Gasteiger partial charge in [0, 0.05) is 32.0 Å². The van der Waals surface area contributed by atoms with Crippen LogP contribution < -0.4 is 4.74 Å². The molecule has 1 saturated heterocycles. The summed E-state index contributed by atoms with van der Waals surface area (Å²) in [6, 6.07) is 14.6. The largest absolute Gasteiger partial charge is 0.493 e. The fourth-order valence-electron chi connectivity index (χ4n) is 4.31. The van der Waals surface area contributed by atoms with E-state index in [4.69, 9.17) is 9.72 Å². The minimum Gasteiger partial charge on any atom is -0.493 e. The number of fused-ring (bicyclic) bond motifs is 1. The summed E-state index contributed by atoms with van der Waals surface area (Å²) in [7, 11) is 0. The molecule has 5 heteroatoms. The molecule has 1 aliphatic heterocycles. The number of aryl methyl sites for hydroxylation is 3. The number of imidazole rings is 1. The molecule has 2 heterocycles. The number of carbonyl (C=O) groups is 1. The van der Waals surface area contributed by atoms with E-state index >= 15 is 0 Å². The lowest BCUT2D eigenvalue weighted by Gasteiger charge is -2.15. The summed E-state index contributed by atoms with van der Waals surface area (Å²) >= 11 is 0. The van der Waals surface area contributed by atoms with E-state index in [0.29, 0.717) is 13.0 Å². The normalized spacial score (nSPS) is 16.6. The van der Waals surface area contributed by atoms with Gasteiger partial charge >= 0.3 is 0 Å². The zero-order valence-corrected chi connectivity index (χ0v) is 18.2. The molecule has 0 aliphatic carbocycles. The first-order chi connectivity index (χ1) is 14.6. The number of ether oxygens (including phenoxy) is 1. The molecule has 3 aromatic rings. The van der Waals surface area contributed by atoms with Crippen molar-refractivity contribution in [2.75, 3.05) is 19.7 Å². The Hall–Kier alpha value is -2.82. The Labute approximate surface area is 178 Å². The summed E-state index contributed by atoms with van der Waals surface area (Å²) in [4.78, 5) is 19.1. The van der Waals surface area contributed by atoms with Gasteiger partial charge in [-0.2, -0.15) is 0 Å². The molecular formula is C25H31N3O2. The molecule has 4 rings (SSSR count). The van der Waals surface area contributed by atoms with Gasteiger partial charge < -0.3 is 14.2 Å². The molecule has 1 atom stereocenters. The first-order valence-corrected chi connectivity index (χ1v) is 11.0. The standard InChI is InChI=1S/C25H31N3O2/c1-4-27-17-20(16-24(27)29)25-26-21-9-5-6-10-22(21)28(25)13-7-8-14-30-23-15-18(2)11-12-19(23)3/h5-6,9-12,15,20H,4,7-8,13-14,16-17H2,1-3H3. The van der Waals surface area contributed by atoms with Gasteiger partial charge in [-0.25, -0.2) is 4.98 Å². The van der Waals surface area contributed by atoms with Crippen molar-refractivity contribution in [2.45, 2.75) is 52.5 Å². The molecule has 1 amide bonds. The van der Waals surface area contributed by atoms with Crippen LogP contribution in [0.25, 0.3) is 11.0 Å². The highest BCUT2D eigenvalue weighted by Crippen LogP contribution is 2.30. The van der Waals surface area contributed by atoms with Crippen LogP contribution in [-0.4, -0.2) is 40.1 Å². The lowest BCUT2D eigenvalue weighted by Crippen LogP contribution is -2.24. The topological polar surface area (TPSA) is 47.4 Å². The van der Waals surface area contributed by atoms with E-state index < -0.39 is 0 Å². The van der Waals surface area contributed by atoms with Crippen LogP contribution in [0.1, 0.15) is 49.1 Å². The molecule has 0 spiro atoms. The molecule has 1 aromatic heterocycles. The number of amides is 1. The van der Waals surface area contributed by atoms with E-state index in [0.717, 1.165) is 55.1 Å². The molecule has 2 aromatic carbocycles. The Kier molecular flexibility index (Phi) is 6.07. The van der Waals surface area contributed by atoms with Crippen LogP contribution >= 0.6 is 0 Å². The van der Waals surface area contributed by atoms with Gasteiger partial charge in [0.2, 0.25) is 5.91 Å². The molecule has 0 radical (unpaired) electrons. The van der Waals surface area contributed by atoms with Crippen molar-refractivity contribution in [2.24, 2.45) is 0 Å². The van der Waals surface area contributed by atoms with Crippen molar-refractivity contribution in [1.82, 2.24) is 14.5 Å². The van der Waals surface area contributed by atoms with Crippen molar-refractivity contribution >= 4 is 16.9 Å². The highest BCUT2D eigenvalue weighted by molar-refractivity contribution is 5.80. The number of carbonyl (C=O) groups excluding carboxylic acids is 1. The zero-order chi connectivity index (χ0) is 21.1. The molecule has 5 nitrogen and oxygen atoms in total. The third-order valence-corrected chi connectivity index (χ3v) is 6.02. The predicted octanol–water partition coefficient (Wildman–Crippen LogP) is 4.85. The van der Waals surface area contributed by atoms with Crippen LogP contribution in [0.15, 0.2) is 42.5 Å². The van der Waals surface area contributed by atoms with Gasteiger partial charge in [-0.05, 0) is 62.9 Å². The van der Waals surface area contributed by atoms with Crippen molar-refractivity contribution in [3.63, 3.8) is 0 Å². The van der Waals surface area contributed by atoms with Gasteiger partial charge in [-0.1, -0.05) is 24.3 Å². The van der Waals surface area contributed by atoms with Gasteiger partial charge in [0.05, 0.1) is 17.6 Å². The summed E-state index contributed by atoms with van der Waals surface area (Å²) in [6.07, 6.45) is 2.55. The molecule has 0 bridgehead atoms. The maximum atomic E-state index is 12.3. The smallest absolute Gasteiger partial charge is 0.223 e. The number of rotatable bonds is 8. The predicted molar refractivity (Wildman–Crippen MR) is 120 cm³/mol. The maximum absolute atomic E-state index is 12.3. The summed E-state index contributed by atoms with van der Waals surface area (Å²) in [5, 5.41) is 0. The van der Waals surface area contributed by atoms with E-state index in [1.807, 2.05) is 17.9 Å². The lowest BCUT2D eigenvalue weighted by atomic mass is 10.1. The highest BCUT2D eigenvalue weighted by atomic mass is 16.5. The van der Waals surface area contributed by atoms with Crippen LogP contribution in [-0.2, 0) is 11.3 Å². The highest BCUT2D eigenvalue weighted by Gasteiger charge is 2.32. The number of likely N-dealkylation sites (tertiary alicyclic amines) is 1. The summed E-state index contributed by atoms with van der Waals surface area (Å²) in [5.41, 5.74) is 4.57. The van der Waals surface area contributed by atoms with Crippen LogP contribution in [0.2, 0.25) is 0 Å². The first kappa shape index (κ1) is 20.5. The van der Waals surface area contributed by atoms with Crippen LogP contribution in [0.4, 0.5) is 0 Å². The second kappa shape index (κ2) is 8.90. The monoisotopic (exact) mass is 405 g/mol. The number of unbranched alkanes of at least 4 members (excludes halogenated alkanes) is 1. The molecule has 1 unspecified atom stereocenters. The first-order valence-electron chi connectivity index (χ1n) is 11.0. The van der Waals surface area contributed by atoms with Gasteiger partial charge in [-0.15, -0.1) is 0 Å². The average molecular weight is 406 g/mol. The van der Waals surface area contributed by atoms with E-state index in [-0.39, 0.29) is 11.8 Å². The van der Waals surface area contributed by atoms with Gasteiger partial charge in [0.15, 0.2) is 0 Å². The molecule has 1 fully saturated rings. The average Bonchev–Trinajstić information content (AvgIpc) is 3.30. The van der Waals surface area contributed by atoms with Crippen LogP contribution in [0.3, 0.4) is 0 Å². The number of aromatic nitrogens is 2. The lowest BCUT2D eigenvalue weighted by molar-refractivity contribution is -0.127. The third-order valence-electron chi connectivity index (χ3n) is 6.02. The minimum absolute atomic E-state index is 0.177. The van der Waals surface area contributed by atoms with Gasteiger partial charge in [0.1, 0.15) is 11.6 Å². The van der Waals surface area contributed by atoms with Gasteiger partial charge in [0.25, 0.3) is 0 Å². The SMILES string of the molecule is CCN1CC(c2nc3ccccc3n2CCCCOc2cc(C)ccc2C)CC1=O. The summed E-state index contributed by atoms with van der Waals surface area (Å²) in [6.45, 7) is 9.35. The van der Waals surface area contributed by atoms with Crippen molar-refractivity contribution in [3.05, 3.63) is 59.4 Å². The maximum Gasteiger partial charge on any atom is 0.223 e. The molecule has 158 valence electrons. The van der Waals surface area contributed by atoms with Crippen molar-refractivity contribution in [3.8, 4) is 5.75 Å². The van der Waals surface area contributed by atoms with E-state index in [9.17, 15) is 4.79 Å². The molecule has 1 aliphatic rings. The molecule has 0 N–H and O–H groups in total. The Morgan fingerprint density at radius 1 is 1.13 bits per heavy atom. The number of nitrogens with zero attached hydrogens (tertiary/aromatic N) is 3. The number of para-hydroxylation sites is 2. The summed E-state index contributed by atoms with van der Waals surface area (Å²) < 4.78 is 8.34. The molecule has 0 saturated carbocycles. The van der Waals surface area contributed by atoms with E-state index in [1.165, 1.54) is 11.1 Å².